The fourth-order valence-corrected chi connectivity index (χ4v) is 3.18. The lowest BCUT2D eigenvalue weighted by Gasteiger charge is -2.10. The minimum Gasteiger partial charge on any atom is -0.493 e. The first kappa shape index (κ1) is 19.6. The summed E-state index contributed by atoms with van der Waals surface area (Å²) in [5, 5.41) is 6.20. The molecule has 1 fully saturated rings. The molecule has 0 aromatic heterocycles. The molecule has 0 aliphatic carbocycles. The molecule has 7 heteroatoms. The van der Waals surface area contributed by atoms with Crippen molar-refractivity contribution in [2.45, 2.75) is 6.42 Å². The van der Waals surface area contributed by atoms with E-state index in [-0.39, 0.29) is 24.2 Å². The molecular formula is C15H22BrClN2O2S. The quantitative estimate of drug-likeness (QED) is 0.648. The Labute approximate surface area is 150 Å². The zero-order chi connectivity index (χ0) is 14.9. The third-order valence-corrected chi connectivity index (χ3v) is 4.71. The third-order valence-electron chi connectivity index (χ3n) is 3.27. The fourth-order valence-electron chi connectivity index (χ4n) is 2.15. The van der Waals surface area contributed by atoms with Gasteiger partial charge in [-0.25, -0.2) is 0 Å². The standard InChI is InChI=1S/C15H21BrN2O2S.ClH/c16-13-2-1-3-14(10-13)20-7-9-21-8-6-18-15(19)12-4-5-17-11-12;/h1-3,10,12,17H,4-9,11H2,(H,18,19);1H. The van der Waals surface area contributed by atoms with Gasteiger partial charge in [0, 0.05) is 29.1 Å². The van der Waals surface area contributed by atoms with Crippen molar-refractivity contribution in [1.82, 2.24) is 10.6 Å². The van der Waals surface area contributed by atoms with Crippen molar-refractivity contribution in [2.24, 2.45) is 5.92 Å². The molecule has 0 radical (unpaired) electrons. The normalized spacial score (nSPS) is 16.9. The SMILES string of the molecule is Cl.O=C(NCCSCCOc1cccc(Br)c1)C1CCNC1. The van der Waals surface area contributed by atoms with Gasteiger partial charge in [0.1, 0.15) is 5.75 Å². The molecule has 1 atom stereocenters. The van der Waals surface area contributed by atoms with Gasteiger partial charge in [0.15, 0.2) is 0 Å². The number of carbonyl (C=O) groups excluding carboxylic acids is 1. The molecule has 2 rings (SSSR count). The molecule has 4 nitrogen and oxygen atoms in total. The minimum atomic E-state index is 0. The van der Waals surface area contributed by atoms with Crippen LogP contribution in [0.1, 0.15) is 6.42 Å². The Balaban J connectivity index is 0.00000242. The second-order valence-corrected chi connectivity index (χ2v) is 7.04. The highest BCUT2D eigenvalue weighted by molar-refractivity contribution is 9.10. The van der Waals surface area contributed by atoms with Gasteiger partial charge in [0.05, 0.1) is 12.5 Å². The van der Waals surface area contributed by atoms with Crippen molar-refractivity contribution in [3.63, 3.8) is 0 Å². The summed E-state index contributed by atoms with van der Waals surface area (Å²) in [6.45, 7) is 3.19. The molecule has 0 spiro atoms. The largest absolute Gasteiger partial charge is 0.493 e. The molecule has 2 N–H and O–H groups in total. The van der Waals surface area contributed by atoms with Crippen molar-refractivity contribution in [2.75, 3.05) is 37.7 Å². The lowest BCUT2D eigenvalue weighted by Crippen LogP contribution is -2.33. The number of rotatable bonds is 8. The Kier molecular flexibility index (Phi) is 9.95. The Bertz CT molecular complexity index is 459. The van der Waals surface area contributed by atoms with Crippen LogP contribution in [0.5, 0.6) is 5.75 Å². The monoisotopic (exact) mass is 408 g/mol. The average Bonchev–Trinajstić information content (AvgIpc) is 3.00. The van der Waals surface area contributed by atoms with E-state index in [0.29, 0.717) is 6.61 Å². The van der Waals surface area contributed by atoms with Gasteiger partial charge in [-0.1, -0.05) is 22.0 Å². The number of hydrogen-bond donors (Lipinski definition) is 2. The summed E-state index contributed by atoms with van der Waals surface area (Å²) in [5.41, 5.74) is 0. The first-order valence-electron chi connectivity index (χ1n) is 7.20. The lowest BCUT2D eigenvalue weighted by atomic mass is 10.1. The van der Waals surface area contributed by atoms with Crippen LogP contribution < -0.4 is 15.4 Å². The van der Waals surface area contributed by atoms with E-state index in [9.17, 15) is 4.79 Å². The highest BCUT2D eigenvalue weighted by Crippen LogP contribution is 2.17. The molecule has 1 aliphatic rings. The number of carbonyl (C=O) groups is 1. The molecule has 22 heavy (non-hydrogen) atoms. The van der Waals surface area contributed by atoms with Crippen LogP contribution in [-0.2, 0) is 4.79 Å². The van der Waals surface area contributed by atoms with Crippen LogP contribution in [0.25, 0.3) is 0 Å². The molecule has 1 heterocycles. The van der Waals surface area contributed by atoms with Gasteiger partial charge in [-0.3, -0.25) is 4.79 Å². The third kappa shape index (κ3) is 7.22. The summed E-state index contributed by atoms with van der Waals surface area (Å²) in [7, 11) is 0. The van der Waals surface area contributed by atoms with Gasteiger partial charge in [-0.15, -0.1) is 12.4 Å². The van der Waals surface area contributed by atoms with Crippen molar-refractivity contribution in [1.29, 1.82) is 0 Å². The van der Waals surface area contributed by atoms with E-state index in [1.165, 1.54) is 0 Å². The second-order valence-electron chi connectivity index (χ2n) is 4.90. The Morgan fingerprint density at radius 1 is 1.45 bits per heavy atom. The Hall–Kier alpha value is -0.430. The number of nitrogens with one attached hydrogen (secondary N) is 2. The van der Waals surface area contributed by atoms with Crippen molar-refractivity contribution >= 4 is 46.0 Å². The molecule has 1 aliphatic heterocycles. The van der Waals surface area contributed by atoms with Gasteiger partial charge < -0.3 is 15.4 Å². The number of ether oxygens (including phenoxy) is 1. The molecule has 1 unspecified atom stereocenters. The summed E-state index contributed by atoms with van der Waals surface area (Å²) >= 11 is 5.21. The first-order valence-corrected chi connectivity index (χ1v) is 9.15. The van der Waals surface area contributed by atoms with Gasteiger partial charge in [0.25, 0.3) is 0 Å². The Morgan fingerprint density at radius 2 is 2.32 bits per heavy atom. The van der Waals surface area contributed by atoms with E-state index in [2.05, 4.69) is 26.6 Å². The predicted molar refractivity (Wildman–Crippen MR) is 98.2 cm³/mol. The van der Waals surface area contributed by atoms with E-state index >= 15 is 0 Å². The highest BCUT2D eigenvalue weighted by atomic mass is 79.9. The van der Waals surface area contributed by atoms with Crippen LogP contribution >= 0.6 is 40.1 Å². The second kappa shape index (κ2) is 11.2. The number of amides is 1. The van der Waals surface area contributed by atoms with Crippen LogP contribution in [0.4, 0.5) is 0 Å². The fraction of sp³-hybridized carbons (Fsp3) is 0.533. The summed E-state index contributed by atoms with van der Waals surface area (Å²) < 4.78 is 6.67. The van der Waals surface area contributed by atoms with Crippen molar-refractivity contribution in [3.05, 3.63) is 28.7 Å². The number of thioether (sulfide) groups is 1. The summed E-state index contributed by atoms with van der Waals surface area (Å²) in [6, 6.07) is 7.84. The smallest absolute Gasteiger partial charge is 0.224 e. The van der Waals surface area contributed by atoms with Gasteiger partial charge in [-0.2, -0.15) is 11.8 Å². The Morgan fingerprint density at radius 3 is 3.05 bits per heavy atom. The molecule has 1 aromatic carbocycles. The van der Waals surface area contributed by atoms with Crippen LogP contribution in [0.2, 0.25) is 0 Å². The van der Waals surface area contributed by atoms with Crippen molar-refractivity contribution < 1.29 is 9.53 Å². The van der Waals surface area contributed by atoms with E-state index in [0.717, 1.165) is 47.8 Å². The molecule has 0 bridgehead atoms. The van der Waals surface area contributed by atoms with Gasteiger partial charge >= 0.3 is 0 Å². The predicted octanol–water partition coefficient (Wildman–Crippen LogP) is 2.71. The number of benzene rings is 1. The summed E-state index contributed by atoms with van der Waals surface area (Å²) in [4.78, 5) is 11.8. The maximum Gasteiger partial charge on any atom is 0.224 e. The molecule has 0 saturated carbocycles. The highest BCUT2D eigenvalue weighted by Gasteiger charge is 2.21. The zero-order valence-corrected chi connectivity index (χ0v) is 15.6. The van der Waals surface area contributed by atoms with Crippen LogP contribution in [0.3, 0.4) is 0 Å². The summed E-state index contributed by atoms with van der Waals surface area (Å²) in [5.74, 6) is 3.08. The molecule has 124 valence electrons. The molecule has 1 saturated heterocycles. The van der Waals surface area contributed by atoms with Gasteiger partial charge in [0.2, 0.25) is 5.91 Å². The first-order chi connectivity index (χ1) is 10.3. The molecule has 1 aromatic rings. The van der Waals surface area contributed by atoms with E-state index in [4.69, 9.17) is 4.74 Å². The van der Waals surface area contributed by atoms with Gasteiger partial charge in [-0.05, 0) is 31.2 Å². The maximum atomic E-state index is 11.8. The summed E-state index contributed by atoms with van der Waals surface area (Å²) in [6.07, 6.45) is 0.958. The van der Waals surface area contributed by atoms with Crippen LogP contribution in [0.15, 0.2) is 28.7 Å². The maximum absolute atomic E-state index is 11.8. The van der Waals surface area contributed by atoms with E-state index in [1.54, 1.807) is 11.8 Å². The molecular weight excluding hydrogens is 388 g/mol. The number of halogens is 2. The topological polar surface area (TPSA) is 50.4 Å². The lowest BCUT2D eigenvalue weighted by molar-refractivity contribution is -0.124. The molecule has 1 amide bonds. The number of hydrogen-bond acceptors (Lipinski definition) is 4. The van der Waals surface area contributed by atoms with Crippen LogP contribution in [-0.4, -0.2) is 43.7 Å². The van der Waals surface area contributed by atoms with E-state index in [1.807, 2.05) is 24.3 Å². The zero-order valence-electron chi connectivity index (χ0n) is 12.3. The van der Waals surface area contributed by atoms with E-state index < -0.39 is 0 Å². The average molecular weight is 410 g/mol. The minimum absolute atomic E-state index is 0. The van der Waals surface area contributed by atoms with Crippen molar-refractivity contribution in [3.8, 4) is 5.75 Å². The van der Waals surface area contributed by atoms with Crippen LogP contribution in [0, 0.1) is 5.92 Å².